The van der Waals surface area contributed by atoms with Crippen molar-refractivity contribution in [3.8, 4) is 0 Å². The monoisotopic (exact) mass is 515 g/mol. The van der Waals surface area contributed by atoms with Gasteiger partial charge in [-0.15, -0.1) is 0 Å². The highest BCUT2D eigenvalue weighted by Gasteiger charge is 2.22. The molecule has 34 heavy (non-hydrogen) atoms. The van der Waals surface area contributed by atoms with Crippen molar-refractivity contribution in [2.45, 2.75) is 141 Å². The van der Waals surface area contributed by atoms with E-state index < -0.39 is 8.96 Å². The van der Waals surface area contributed by atoms with E-state index in [1.165, 1.54) is 95.6 Å². The first-order chi connectivity index (χ1) is 16.7. The maximum atomic E-state index is 11.8. The Bertz CT molecular complexity index is 469. The molecule has 0 N–H and O–H groups in total. The lowest BCUT2D eigenvalue weighted by Gasteiger charge is -2.32. The fourth-order valence-electron chi connectivity index (χ4n) is 4.80. The molecule has 2 unspecified atom stereocenters. The van der Waals surface area contributed by atoms with Gasteiger partial charge in [-0.3, -0.25) is 4.79 Å². The topological polar surface area (TPSA) is 38.8 Å². The first-order valence-corrected chi connectivity index (χ1v) is 17.9. The summed E-state index contributed by atoms with van der Waals surface area (Å²) in [5, 5.41) is 0.393. The normalized spacial score (nSPS) is 19.7. The van der Waals surface area contributed by atoms with Crippen LogP contribution >= 0.6 is 11.8 Å². The zero-order valence-corrected chi connectivity index (χ0v) is 25.0. The van der Waals surface area contributed by atoms with Crippen LogP contribution in [0.15, 0.2) is 0 Å². The van der Waals surface area contributed by atoms with Crippen LogP contribution in [0.4, 0.5) is 0 Å². The Morgan fingerprint density at radius 2 is 1.59 bits per heavy atom. The second-order valence-corrected chi connectivity index (χ2v) is 14.8. The summed E-state index contributed by atoms with van der Waals surface area (Å²) in [6.45, 7) is 6.90. The van der Waals surface area contributed by atoms with Crippen LogP contribution in [0.25, 0.3) is 0 Å². The summed E-state index contributed by atoms with van der Waals surface area (Å²) in [4.78, 5) is 11.8. The van der Waals surface area contributed by atoms with Crippen LogP contribution in [0, 0.1) is 0 Å². The third kappa shape index (κ3) is 18.4. The average molecular weight is 516 g/mol. The molecule has 4 nitrogen and oxygen atoms in total. The molecule has 0 spiro atoms. The molecule has 0 aromatic carbocycles. The molecule has 2 atom stereocenters. The Kier molecular flexibility index (Phi) is 22.2. The molecule has 0 amide bonds. The Hall–Kier alpha value is 0.117. The molecular weight excluding hydrogens is 458 g/mol. The van der Waals surface area contributed by atoms with E-state index >= 15 is 0 Å². The summed E-state index contributed by atoms with van der Waals surface area (Å²) >= 11 is 1.57. The van der Waals surface area contributed by atoms with Crippen molar-refractivity contribution in [2.24, 2.45) is 0 Å². The molecule has 1 heterocycles. The van der Waals surface area contributed by atoms with Gasteiger partial charge in [-0.1, -0.05) is 96.2 Å². The molecule has 1 fully saturated rings. The molecule has 0 saturated carbocycles. The van der Waals surface area contributed by atoms with Gasteiger partial charge in [0.15, 0.2) is 5.12 Å². The average Bonchev–Trinajstić information content (AvgIpc) is 2.83. The fraction of sp³-hybridized carbons (Fsp3) is 0.964. The first-order valence-electron chi connectivity index (χ1n) is 14.7. The third-order valence-electron chi connectivity index (χ3n) is 7.20. The molecule has 1 aliphatic rings. The minimum Gasteiger partial charge on any atom is -0.355 e. The van der Waals surface area contributed by atoms with Gasteiger partial charge in [0, 0.05) is 18.8 Å². The van der Waals surface area contributed by atoms with E-state index in [0.717, 1.165) is 44.6 Å². The summed E-state index contributed by atoms with van der Waals surface area (Å²) < 4.78 is 14.5. The van der Waals surface area contributed by atoms with Gasteiger partial charge in [0.05, 0.1) is 6.10 Å². The fourth-order valence-corrected chi connectivity index (χ4v) is 8.99. The van der Waals surface area contributed by atoms with Crippen molar-refractivity contribution >= 4 is 25.8 Å². The molecule has 1 rings (SSSR count). The van der Waals surface area contributed by atoms with Gasteiger partial charge in [0.2, 0.25) is 0 Å². The van der Waals surface area contributed by atoms with E-state index in [1.807, 2.05) is 0 Å². The van der Waals surface area contributed by atoms with Crippen molar-refractivity contribution < 1.29 is 14.3 Å². The van der Waals surface area contributed by atoms with E-state index in [2.05, 4.69) is 25.5 Å². The summed E-state index contributed by atoms with van der Waals surface area (Å²) in [7, 11) is 1.47. The molecule has 202 valence electrons. The van der Waals surface area contributed by atoms with Crippen LogP contribution in [0.3, 0.4) is 0 Å². The SMILES string of the molecule is CCCCCCCCCCCCOCOC1CCC[SiH](CCCSC(=O)CCCC)N(C)CC1. The zero-order valence-electron chi connectivity index (χ0n) is 23.0. The highest BCUT2D eigenvalue weighted by atomic mass is 32.2. The van der Waals surface area contributed by atoms with Crippen LogP contribution < -0.4 is 0 Å². The maximum absolute atomic E-state index is 11.8. The highest BCUT2D eigenvalue weighted by Crippen LogP contribution is 2.21. The van der Waals surface area contributed by atoms with E-state index in [0.29, 0.717) is 18.0 Å². The molecule has 0 aromatic heterocycles. The maximum Gasteiger partial charge on any atom is 0.188 e. The van der Waals surface area contributed by atoms with E-state index in [4.69, 9.17) is 9.47 Å². The van der Waals surface area contributed by atoms with Crippen molar-refractivity contribution in [3.05, 3.63) is 0 Å². The number of hydrogen-bond acceptors (Lipinski definition) is 5. The van der Waals surface area contributed by atoms with Gasteiger partial charge in [-0.2, -0.15) is 0 Å². The lowest BCUT2D eigenvalue weighted by Crippen LogP contribution is -2.40. The minimum atomic E-state index is -0.848. The van der Waals surface area contributed by atoms with E-state index in [9.17, 15) is 4.79 Å². The largest absolute Gasteiger partial charge is 0.355 e. The predicted octanol–water partition coefficient (Wildman–Crippen LogP) is 7.95. The number of hydrogen-bond donors (Lipinski definition) is 0. The Morgan fingerprint density at radius 1 is 0.912 bits per heavy atom. The van der Waals surface area contributed by atoms with Crippen LogP contribution in [0.5, 0.6) is 0 Å². The summed E-state index contributed by atoms with van der Waals surface area (Å²) in [5.41, 5.74) is 0. The Balaban J connectivity index is 1.97. The molecular formula is C28H57NO3SSi. The van der Waals surface area contributed by atoms with E-state index in [-0.39, 0.29) is 0 Å². The third-order valence-corrected chi connectivity index (χ3v) is 11.9. The number of thioether (sulfide) groups is 1. The van der Waals surface area contributed by atoms with Gasteiger partial charge < -0.3 is 14.0 Å². The second-order valence-electron chi connectivity index (χ2n) is 10.3. The van der Waals surface area contributed by atoms with Gasteiger partial charge in [-0.05, 0) is 57.8 Å². The zero-order chi connectivity index (χ0) is 24.7. The number of nitrogens with zero attached hydrogens (tertiary/aromatic N) is 1. The molecule has 1 saturated heterocycles. The van der Waals surface area contributed by atoms with E-state index in [1.54, 1.807) is 11.8 Å². The highest BCUT2D eigenvalue weighted by molar-refractivity contribution is 8.13. The molecule has 0 aliphatic carbocycles. The molecule has 0 radical (unpaired) electrons. The number of ether oxygens (including phenoxy) is 2. The number of carbonyl (C=O) groups is 1. The van der Waals surface area contributed by atoms with Crippen molar-refractivity contribution in [1.82, 2.24) is 4.57 Å². The Labute approximate surface area is 218 Å². The van der Waals surface area contributed by atoms with Crippen molar-refractivity contribution in [3.63, 3.8) is 0 Å². The smallest absolute Gasteiger partial charge is 0.188 e. The quantitative estimate of drug-likeness (QED) is 0.0881. The predicted molar refractivity (Wildman–Crippen MR) is 152 cm³/mol. The van der Waals surface area contributed by atoms with Crippen LogP contribution in [-0.2, 0) is 14.3 Å². The van der Waals surface area contributed by atoms with Gasteiger partial charge >= 0.3 is 0 Å². The van der Waals surface area contributed by atoms with Crippen molar-refractivity contribution in [2.75, 3.05) is 32.7 Å². The lowest BCUT2D eigenvalue weighted by atomic mass is 10.1. The van der Waals surface area contributed by atoms with Gasteiger partial charge in [0.25, 0.3) is 0 Å². The van der Waals surface area contributed by atoms with Crippen LogP contribution in [-0.4, -0.2) is 57.5 Å². The van der Waals surface area contributed by atoms with Gasteiger partial charge in [0.1, 0.15) is 15.8 Å². The summed E-state index contributed by atoms with van der Waals surface area (Å²) in [6.07, 6.45) is 21.7. The molecule has 1 aliphatic heterocycles. The Morgan fingerprint density at radius 3 is 2.29 bits per heavy atom. The van der Waals surface area contributed by atoms with Crippen LogP contribution in [0.1, 0.15) is 123 Å². The minimum absolute atomic E-state index is 0.358. The number of rotatable bonds is 21. The molecule has 0 aromatic rings. The number of carbonyl (C=O) groups excluding carboxylic acids is 1. The second kappa shape index (κ2) is 23.5. The molecule has 0 bridgehead atoms. The van der Waals surface area contributed by atoms with Gasteiger partial charge in [-0.25, -0.2) is 0 Å². The first kappa shape index (κ1) is 32.1. The summed E-state index contributed by atoms with van der Waals surface area (Å²) in [6, 6.07) is 2.72. The summed E-state index contributed by atoms with van der Waals surface area (Å²) in [5.74, 6) is 1.02. The van der Waals surface area contributed by atoms with Crippen molar-refractivity contribution in [1.29, 1.82) is 0 Å². The van der Waals surface area contributed by atoms with Crippen LogP contribution in [0.2, 0.25) is 12.1 Å². The lowest BCUT2D eigenvalue weighted by molar-refractivity contribution is -0.111. The number of unbranched alkanes of at least 4 members (excludes halogenated alkanes) is 10. The standard InChI is InChI=1S/C28H57NO3SSi/c1-4-6-8-9-10-11-12-13-14-15-22-31-26-32-27-18-16-24-34(29(3)21-20-27)25-17-23-33-28(30)19-7-5-2/h27,34H,4-26H2,1-3H3. The molecule has 6 heteroatoms.